The van der Waals surface area contributed by atoms with E-state index in [0.717, 1.165) is 104 Å². The van der Waals surface area contributed by atoms with Crippen LogP contribution >= 0.6 is 0 Å². The lowest BCUT2D eigenvalue weighted by atomic mass is 9.70. The molecule has 11 heteroatoms. The van der Waals surface area contributed by atoms with E-state index >= 15 is 0 Å². The van der Waals surface area contributed by atoms with Gasteiger partial charge in [-0.3, -0.25) is 19.4 Å². The Morgan fingerprint density at radius 2 is 1.89 bits per heavy atom. The molecule has 4 heterocycles. The van der Waals surface area contributed by atoms with Crippen molar-refractivity contribution >= 4 is 34.1 Å². The van der Waals surface area contributed by atoms with E-state index in [2.05, 4.69) is 69.0 Å². The molecule has 2 atom stereocenters. The molecule has 6 N–H and O–H groups in total. The summed E-state index contributed by atoms with van der Waals surface area (Å²) >= 11 is 0. The molecule has 2 aromatic heterocycles. The fraction of sp³-hybridized carbons (Fsp3) is 0.522. The number of amides is 1. The molecule has 2 saturated heterocycles. The summed E-state index contributed by atoms with van der Waals surface area (Å²) in [5, 5.41) is 13.8. The molecule has 2 aliphatic heterocycles. The van der Waals surface area contributed by atoms with Crippen LogP contribution in [-0.4, -0.2) is 95.4 Å². The lowest BCUT2D eigenvalue weighted by molar-refractivity contribution is -0.123. The number of piperazine rings is 1. The molecule has 9 rings (SSSR count). The maximum Gasteiger partial charge on any atom is 0.237 e. The summed E-state index contributed by atoms with van der Waals surface area (Å²) in [5.41, 5.74) is 20.7. The number of nitrogen functional groups attached to an aromatic ring is 1. The number of fused-ring (bicyclic) bond motifs is 4. The molecule has 4 fully saturated rings. The van der Waals surface area contributed by atoms with Crippen molar-refractivity contribution in [3.05, 3.63) is 87.7 Å². The van der Waals surface area contributed by atoms with Crippen LogP contribution in [0, 0.1) is 22.7 Å². The molecule has 3 aliphatic carbocycles. The van der Waals surface area contributed by atoms with Gasteiger partial charge in [-0.15, -0.1) is 0 Å². The van der Waals surface area contributed by atoms with Crippen LogP contribution in [0.2, 0.25) is 0 Å². The minimum Gasteiger partial charge on any atom is -0.383 e. The van der Waals surface area contributed by atoms with Gasteiger partial charge in [0.1, 0.15) is 5.82 Å². The molecule has 298 valence electrons. The van der Waals surface area contributed by atoms with E-state index in [1.165, 1.54) is 36.9 Å². The number of hydrogen-bond donors (Lipinski definition) is 4. The van der Waals surface area contributed by atoms with Crippen LogP contribution in [-0.2, 0) is 23.1 Å². The van der Waals surface area contributed by atoms with Gasteiger partial charge >= 0.3 is 0 Å². The highest BCUT2D eigenvalue weighted by atomic mass is 16.2. The highest BCUT2D eigenvalue weighted by molar-refractivity contribution is 6.20. The van der Waals surface area contributed by atoms with Crippen molar-refractivity contribution in [2.24, 2.45) is 17.1 Å². The fourth-order valence-corrected chi connectivity index (χ4v) is 10.6. The monoisotopic (exact) mass is 767 g/mol. The highest BCUT2D eigenvalue weighted by Gasteiger charge is 2.57. The number of anilines is 2. The Balaban J connectivity index is 0.773. The summed E-state index contributed by atoms with van der Waals surface area (Å²) in [6.07, 6.45) is 9.62. The van der Waals surface area contributed by atoms with E-state index in [-0.39, 0.29) is 23.1 Å². The summed E-state index contributed by atoms with van der Waals surface area (Å²) in [5.74, 6) is 1.32. The van der Waals surface area contributed by atoms with Crippen molar-refractivity contribution in [3.8, 4) is 6.07 Å². The number of rotatable bonds is 11. The third-order valence-electron chi connectivity index (χ3n) is 14.4. The first-order valence-corrected chi connectivity index (χ1v) is 21.2. The lowest BCUT2D eigenvalue weighted by Crippen LogP contribution is -2.52. The van der Waals surface area contributed by atoms with Crippen LogP contribution in [0.25, 0.3) is 10.9 Å². The third-order valence-corrected chi connectivity index (χ3v) is 14.4. The maximum absolute atomic E-state index is 14.1. The second-order valence-corrected chi connectivity index (χ2v) is 18.3. The summed E-state index contributed by atoms with van der Waals surface area (Å²) in [6, 6.07) is 16.4. The van der Waals surface area contributed by atoms with E-state index in [1.807, 2.05) is 24.3 Å². The molecule has 0 bridgehead atoms. The maximum atomic E-state index is 14.1. The number of hydrogen-bond acceptors (Lipinski definition) is 9. The largest absolute Gasteiger partial charge is 0.383 e. The van der Waals surface area contributed by atoms with Gasteiger partial charge in [-0.1, -0.05) is 32.9 Å². The molecule has 0 unspecified atom stereocenters. The molecule has 4 aromatic rings. The van der Waals surface area contributed by atoms with Crippen molar-refractivity contribution in [3.63, 3.8) is 0 Å². The zero-order valence-corrected chi connectivity index (χ0v) is 33.7. The van der Waals surface area contributed by atoms with Crippen LogP contribution < -0.4 is 21.7 Å². The van der Waals surface area contributed by atoms with Gasteiger partial charge in [-0.25, -0.2) is 4.98 Å². The Labute approximate surface area is 336 Å². The number of aryl methyl sites for hydroxylation is 2. The Morgan fingerprint density at radius 1 is 1.11 bits per heavy atom. The molecular formula is C46H57N9O2. The van der Waals surface area contributed by atoms with Gasteiger partial charge in [-0.2, -0.15) is 5.26 Å². The van der Waals surface area contributed by atoms with Gasteiger partial charge in [0.15, 0.2) is 5.78 Å². The first-order chi connectivity index (χ1) is 27.5. The number of carbonyl (C=O) groups is 2. The number of H-pyrrole nitrogens is 1. The number of aromatic amines is 1. The van der Waals surface area contributed by atoms with Crippen LogP contribution in [0.4, 0.5) is 11.5 Å². The Hall–Kier alpha value is -4.76. The fourth-order valence-electron chi connectivity index (χ4n) is 10.6. The molecule has 11 nitrogen and oxygen atoms in total. The van der Waals surface area contributed by atoms with E-state index in [0.29, 0.717) is 29.8 Å². The van der Waals surface area contributed by atoms with Crippen molar-refractivity contribution in [2.75, 3.05) is 56.4 Å². The summed E-state index contributed by atoms with van der Waals surface area (Å²) in [6.45, 7) is 13.8. The molecule has 1 amide bonds. The second-order valence-electron chi connectivity index (χ2n) is 18.3. The summed E-state index contributed by atoms with van der Waals surface area (Å²) in [4.78, 5) is 42.9. The molecule has 2 aromatic carbocycles. The van der Waals surface area contributed by atoms with Gasteiger partial charge in [0.05, 0.1) is 23.2 Å². The zero-order chi connectivity index (χ0) is 39.6. The normalized spacial score (nSPS) is 24.2. The second kappa shape index (κ2) is 14.6. The number of nitriles is 1. The number of nitrogens with zero attached hydrogens (tertiary/aromatic N) is 5. The van der Waals surface area contributed by atoms with Crippen LogP contribution in [0.1, 0.15) is 103 Å². The Morgan fingerprint density at radius 3 is 2.61 bits per heavy atom. The number of nitrogens with one attached hydrogen (secondary N) is 2. The smallest absolute Gasteiger partial charge is 0.237 e. The van der Waals surface area contributed by atoms with Crippen molar-refractivity contribution in [1.29, 1.82) is 5.26 Å². The lowest BCUT2D eigenvalue weighted by Gasteiger charge is -2.45. The SMILES string of the molecule is CCc1cc2c(cc1N1CCN(CC3CC(N4C[C@H](NC(=O)[C@@H](N)CCCc5cccnc5N)C5(CC5)C4)C3)CC1)C(C)(C)c1[nH]c3cc(C#N)ccc3c1C2=O. The average Bonchev–Trinajstić information content (AvgIpc) is 3.75. The average molecular weight is 768 g/mol. The minimum absolute atomic E-state index is 0.0178. The Kier molecular flexibility index (Phi) is 9.66. The first-order valence-electron chi connectivity index (χ1n) is 21.2. The number of carbonyl (C=O) groups excluding carboxylic acids is 2. The van der Waals surface area contributed by atoms with E-state index in [9.17, 15) is 14.9 Å². The first kappa shape index (κ1) is 37.8. The van der Waals surface area contributed by atoms with Gasteiger partial charge in [0.2, 0.25) is 5.91 Å². The number of likely N-dealkylation sites (tertiary alicyclic amines) is 1. The minimum atomic E-state index is -0.507. The predicted octanol–water partition coefficient (Wildman–Crippen LogP) is 5.28. The van der Waals surface area contributed by atoms with Gasteiger partial charge < -0.3 is 26.7 Å². The number of benzene rings is 2. The molecule has 0 radical (unpaired) electrons. The number of aromatic nitrogens is 2. The molecule has 1 spiro atoms. The molecule has 5 aliphatic rings. The predicted molar refractivity (Wildman–Crippen MR) is 224 cm³/mol. The highest BCUT2D eigenvalue weighted by Crippen LogP contribution is 2.54. The molecule has 57 heavy (non-hydrogen) atoms. The van der Waals surface area contributed by atoms with Crippen LogP contribution in [0.3, 0.4) is 0 Å². The number of ketones is 1. The number of pyridine rings is 1. The standard InChI is InChI=1S/C46H57N9O2/c1-4-30-22-34-35(45(2,3)42-40(41(34)56)33-11-10-28(24-47)21-37(33)51-42)23-38(30)54-17-15-53(16-18-54)25-29-19-32(20-29)55-26-39(46(27-55)12-13-46)52-44(57)36(48)9-5-7-31-8-6-14-50-43(31)49/h6,8,10-11,14,21-23,29,32,36,39,51H,4-5,7,9,12-13,15-20,25-27,48H2,1-3H3,(H2,49,50)(H,52,57)/t29?,32?,36-,39-/m0/s1. The van der Waals surface area contributed by atoms with Crippen molar-refractivity contribution in [2.45, 2.75) is 95.7 Å². The van der Waals surface area contributed by atoms with Gasteiger partial charge in [0.25, 0.3) is 0 Å². The number of nitrogens with two attached hydrogens (primary N) is 2. The van der Waals surface area contributed by atoms with Crippen LogP contribution in [0.5, 0.6) is 0 Å². The van der Waals surface area contributed by atoms with Crippen molar-refractivity contribution < 1.29 is 9.59 Å². The van der Waals surface area contributed by atoms with E-state index in [4.69, 9.17) is 11.5 Å². The Bertz CT molecular complexity index is 2250. The van der Waals surface area contributed by atoms with Gasteiger partial charge in [-0.05, 0) is 104 Å². The summed E-state index contributed by atoms with van der Waals surface area (Å²) < 4.78 is 0. The molecule has 2 saturated carbocycles. The summed E-state index contributed by atoms with van der Waals surface area (Å²) in [7, 11) is 0. The van der Waals surface area contributed by atoms with Gasteiger partial charge in [0, 0.05) is 103 Å². The van der Waals surface area contributed by atoms with E-state index in [1.54, 1.807) is 12.3 Å². The van der Waals surface area contributed by atoms with Crippen LogP contribution in [0.15, 0.2) is 48.7 Å². The quantitative estimate of drug-likeness (QED) is 0.159. The zero-order valence-electron chi connectivity index (χ0n) is 33.7. The molecular weight excluding hydrogens is 711 g/mol. The topological polar surface area (TPSA) is 160 Å². The third kappa shape index (κ3) is 6.79. The van der Waals surface area contributed by atoms with E-state index < -0.39 is 11.5 Å². The van der Waals surface area contributed by atoms with Crippen molar-refractivity contribution in [1.82, 2.24) is 25.1 Å².